The Balaban J connectivity index is 1.77. The zero-order chi connectivity index (χ0) is 25.8. The fraction of sp³-hybridized carbons (Fsp3) is 0.370. The molecule has 0 spiro atoms. The number of nitrogens with one attached hydrogen (secondary N) is 3. The van der Waals surface area contributed by atoms with Gasteiger partial charge in [0.25, 0.3) is 0 Å². The smallest absolute Gasteiger partial charge is 0.408 e. The zero-order valence-corrected chi connectivity index (χ0v) is 21.0. The van der Waals surface area contributed by atoms with Crippen LogP contribution in [0.1, 0.15) is 57.5 Å². The van der Waals surface area contributed by atoms with Crippen LogP contribution in [0, 0.1) is 0 Å². The van der Waals surface area contributed by atoms with Crippen molar-refractivity contribution in [2.24, 2.45) is 0 Å². The Labute approximate surface area is 205 Å². The number of aromatic nitrogens is 1. The normalized spacial score (nSPS) is 12.6. The Morgan fingerprint density at radius 2 is 1.51 bits per heavy atom. The van der Waals surface area contributed by atoms with Crippen LogP contribution in [-0.4, -0.2) is 40.2 Å². The third-order valence-electron chi connectivity index (χ3n) is 4.89. The Morgan fingerprint density at radius 3 is 2.14 bits per heavy atom. The Kier molecular flexibility index (Phi) is 7.53. The quantitative estimate of drug-likeness (QED) is 0.421. The van der Waals surface area contributed by atoms with Gasteiger partial charge in [0, 0.05) is 29.2 Å². The summed E-state index contributed by atoms with van der Waals surface area (Å²) in [5.74, 6) is -0.856. The van der Waals surface area contributed by atoms with Gasteiger partial charge in [0.1, 0.15) is 17.2 Å². The minimum Gasteiger partial charge on any atom is -0.456 e. The van der Waals surface area contributed by atoms with Crippen molar-refractivity contribution >= 4 is 34.6 Å². The second kappa shape index (κ2) is 10.2. The lowest BCUT2D eigenvalue weighted by atomic mass is 10.0. The van der Waals surface area contributed by atoms with Crippen molar-refractivity contribution in [2.45, 2.75) is 65.2 Å². The molecule has 2 amide bonds. The van der Waals surface area contributed by atoms with Crippen molar-refractivity contribution in [3.63, 3.8) is 0 Å². The predicted molar refractivity (Wildman–Crippen MR) is 135 cm³/mol. The number of carbonyl (C=O) groups is 3. The fourth-order valence-electron chi connectivity index (χ4n) is 3.44. The molecule has 0 saturated heterocycles. The Morgan fingerprint density at radius 1 is 0.886 bits per heavy atom. The van der Waals surface area contributed by atoms with Crippen molar-refractivity contribution in [1.82, 2.24) is 10.3 Å². The lowest BCUT2D eigenvalue weighted by molar-refractivity contribution is -0.118. The molecule has 8 nitrogen and oxygen atoms in total. The molecule has 0 aliphatic heterocycles. The largest absolute Gasteiger partial charge is 0.456 e. The van der Waals surface area contributed by atoms with Gasteiger partial charge in [-0.3, -0.25) is 4.79 Å². The monoisotopic (exact) mass is 479 g/mol. The van der Waals surface area contributed by atoms with Gasteiger partial charge in [-0.2, -0.15) is 0 Å². The van der Waals surface area contributed by atoms with Gasteiger partial charge < -0.3 is 25.1 Å². The van der Waals surface area contributed by atoms with Gasteiger partial charge in [-0.1, -0.05) is 18.2 Å². The van der Waals surface area contributed by atoms with Crippen LogP contribution in [0.15, 0.2) is 54.7 Å². The summed E-state index contributed by atoms with van der Waals surface area (Å²) in [6, 6.07) is 13.3. The standard InChI is InChI=1S/C27H33N3O5/c1-26(2,3)34-24(32)17-11-13-19(14-12-17)29-23(31)22(30-25(33)35-27(4,5)6)15-18-16-28-21-10-8-7-9-20(18)21/h7-14,16,22,28H,15H2,1-6H3,(H,29,31)(H,30,33). The molecule has 35 heavy (non-hydrogen) atoms. The molecule has 0 aliphatic carbocycles. The highest BCUT2D eigenvalue weighted by atomic mass is 16.6. The highest BCUT2D eigenvalue weighted by Crippen LogP contribution is 2.20. The molecule has 0 saturated carbocycles. The van der Waals surface area contributed by atoms with E-state index in [-0.39, 0.29) is 6.42 Å². The Hall–Kier alpha value is -3.81. The highest BCUT2D eigenvalue weighted by molar-refractivity contribution is 5.98. The van der Waals surface area contributed by atoms with E-state index in [1.54, 1.807) is 65.8 Å². The molecular formula is C27H33N3O5. The van der Waals surface area contributed by atoms with Gasteiger partial charge in [0.05, 0.1) is 5.56 Å². The molecule has 1 unspecified atom stereocenters. The maximum atomic E-state index is 13.2. The number of carbonyl (C=O) groups excluding carboxylic acids is 3. The first kappa shape index (κ1) is 25.8. The maximum Gasteiger partial charge on any atom is 0.408 e. The zero-order valence-electron chi connectivity index (χ0n) is 21.0. The minimum absolute atomic E-state index is 0.255. The average Bonchev–Trinajstić information content (AvgIpc) is 3.14. The van der Waals surface area contributed by atoms with Crippen LogP contribution in [0.2, 0.25) is 0 Å². The number of amides is 2. The highest BCUT2D eigenvalue weighted by Gasteiger charge is 2.26. The summed E-state index contributed by atoms with van der Waals surface area (Å²) in [5.41, 5.74) is 1.38. The molecule has 0 radical (unpaired) electrons. The number of benzene rings is 2. The van der Waals surface area contributed by atoms with Crippen LogP contribution in [0.25, 0.3) is 10.9 Å². The summed E-state index contributed by atoms with van der Waals surface area (Å²) in [4.78, 5) is 41.1. The number of alkyl carbamates (subject to hydrolysis) is 1. The van der Waals surface area contributed by atoms with Crippen LogP contribution in [0.4, 0.5) is 10.5 Å². The van der Waals surface area contributed by atoms with E-state index in [0.29, 0.717) is 11.3 Å². The molecule has 3 aromatic rings. The van der Waals surface area contributed by atoms with E-state index in [9.17, 15) is 14.4 Å². The van der Waals surface area contributed by atoms with Crippen LogP contribution in [0.5, 0.6) is 0 Å². The van der Waals surface area contributed by atoms with Gasteiger partial charge in [0.2, 0.25) is 5.91 Å². The van der Waals surface area contributed by atoms with Crippen molar-refractivity contribution in [2.75, 3.05) is 5.32 Å². The molecule has 3 rings (SSSR count). The van der Waals surface area contributed by atoms with Gasteiger partial charge in [-0.25, -0.2) is 9.59 Å². The maximum absolute atomic E-state index is 13.2. The second-order valence-corrected chi connectivity index (χ2v) is 10.3. The molecule has 3 N–H and O–H groups in total. The third kappa shape index (κ3) is 7.60. The SMILES string of the molecule is CC(C)(C)OC(=O)NC(Cc1c[nH]c2ccccc12)C(=O)Nc1ccc(C(=O)OC(C)(C)C)cc1. The molecule has 2 aromatic carbocycles. The van der Waals surface area contributed by atoms with E-state index in [4.69, 9.17) is 9.47 Å². The summed E-state index contributed by atoms with van der Waals surface area (Å²) in [6.07, 6.45) is 1.40. The first-order valence-corrected chi connectivity index (χ1v) is 11.5. The van der Waals surface area contributed by atoms with Crippen molar-refractivity contribution in [3.8, 4) is 0 Å². The van der Waals surface area contributed by atoms with E-state index in [1.807, 2.05) is 30.5 Å². The molecular weight excluding hydrogens is 446 g/mol. The number of ether oxygens (including phenoxy) is 2. The number of aromatic amines is 1. The molecule has 1 aromatic heterocycles. The number of esters is 1. The predicted octanol–water partition coefficient (Wildman–Crippen LogP) is 5.20. The van der Waals surface area contributed by atoms with Crippen LogP contribution in [-0.2, 0) is 20.7 Å². The number of anilines is 1. The van der Waals surface area contributed by atoms with Crippen LogP contribution in [0.3, 0.4) is 0 Å². The number of fused-ring (bicyclic) bond motifs is 1. The molecule has 186 valence electrons. The summed E-state index contributed by atoms with van der Waals surface area (Å²) < 4.78 is 10.7. The molecule has 0 fully saturated rings. The number of hydrogen-bond donors (Lipinski definition) is 3. The van der Waals surface area contributed by atoms with Gasteiger partial charge in [0.15, 0.2) is 0 Å². The first-order valence-electron chi connectivity index (χ1n) is 11.5. The third-order valence-corrected chi connectivity index (χ3v) is 4.89. The second-order valence-electron chi connectivity index (χ2n) is 10.3. The summed E-state index contributed by atoms with van der Waals surface area (Å²) in [6.45, 7) is 10.7. The van der Waals surface area contributed by atoms with E-state index in [0.717, 1.165) is 16.5 Å². The van der Waals surface area contributed by atoms with Crippen LogP contribution >= 0.6 is 0 Å². The van der Waals surface area contributed by atoms with Crippen molar-refractivity contribution in [1.29, 1.82) is 0 Å². The number of rotatable bonds is 6. The number of H-pyrrole nitrogens is 1. The van der Waals surface area contributed by atoms with Crippen molar-refractivity contribution in [3.05, 3.63) is 65.9 Å². The first-order chi connectivity index (χ1) is 16.3. The topological polar surface area (TPSA) is 110 Å². The number of para-hydroxylation sites is 1. The summed E-state index contributed by atoms with van der Waals surface area (Å²) in [5, 5.41) is 6.47. The molecule has 0 aliphatic rings. The summed E-state index contributed by atoms with van der Waals surface area (Å²) in [7, 11) is 0. The lowest BCUT2D eigenvalue weighted by Gasteiger charge is -2.23. The molecule has 8 heteroatoms. The lowest BCUT2D eigenvalue weighted by Crippen LogP contribution is -2.47. The average molecular weight is 480 g/mol. The Bertz CT molecular complexity index is 1200. The van der Waals surface area contributed by atoms with Crippen molar-refractivity contribution < 1.29 is 23.9 Å². The minimum atomic E-state index is -0.894. The van der Waals surface area contributed by atoms with E-state index >= 15 is 0 Å². The van der Waals surface area contributed by atoms with Gasteiger partial charge in [-0.05, 0) is 77.4 Å². The molecule has 1 heterocycles. The molecule has 0 bridgehead atoms. The van der Waals surface area contributed by atoms with E-state index < -0.39 is 35.2 Å². The number of hydrogen-bond acceptors (Lipinski definition) is 5. The van der Waals surface area contributed by atoms with Crippen LogP contribution < -0.4 is 10.6 Å². The fourth-order valence-corrected chi connectivity index (χ4v) is 3.44. The molecule has 1 atom stereocenters. The summed E-state index contributed by atoms with van der Waals surface area (Å²) >= 11 is 0. The van der Waals surface area contributed by atoms with E-state index in [1.165, 1.54) is 0 Å². The van der Waals surface area contributed by atoms with E-state index in [2.05, 4.69) is 15.6 Å². The van der Waals surface area contributed by atoms with Gasteiger partial charge >= 0.3 is 12.1 Å². The van der Waals surface area contributed by atoms with Gasteiger partial charge in [-0.15, -0.1) is 0 Å².